The number of ether oxygens (including phenoxy) is 2. The molecular weight excluding hydrogens is 568 g/mol. The molecule has 1 aliphatic rings. The Bertz CT molecular complexity index is 1610. The molecule has 1 fully saturated rings. The molecule has 4 aromatic carbocycles. The molecule has 2 amide bonds. The van der Waals surface area contributed by atoms with Gasteiger partial charge in [-0.05, 0) is 86.6 Å². The minimum Gasteiger partial charge on any atom is -0.490 e. The number of anilines is 2. The second-order valence-electron chi connectivity index (χ2n) is 9.84. The summed E-state index contributed by atoms with van der Waals surface area (Å²) in [7, 11) is 0. The fraction of sp³-hybridized carbons (Fsp3) is 0.147. The monoisotopic (exact) mass is 596 g/mol. The van der Waals surface area contributed by atoms with Crippen LogP contribution in [0.5, 0.6) is 11.5 Å². The quantitative estimate of drug-likeness (QED) is 0.119. The number of carbonyl (C=O) groups is 2. The molecule has 1 aliphatic heterocycles. The molecule has 0 bridgehead atoms. The molecule has 0 unspecified atom stereocenters. The SMILES string of the molecule is CCOc1cc(C=C2C(=O)N(c3ccccc3)C(=S)N(c3ccccc3)C2=O)cc(Cl)c1OCc1cc(C)cc(C)c1. The van der Waals surface area contributed by atoms with E-state index in [1.807, 2.05) is 57.2 Å². The van der Waals surface area contributed by atoms with Crippen LogP contribution >= 0.6 is 23.8 Å². The molecule has 1 saturated heterocycles. The maximum atomic E-state index is 13.8. The van der Waals surface area contributed by atoms with E-state index in [1.165, 1.54) is 15.9 Å². The summed E-state index contributed by atoms with van der Waals surface area (Å²) < 4.78 is 12.0. The molecule has 0 saturated carbocycles. The summed E-state index contributed by atoms with van der Waals surface area (Å²) in [4.78, 5) is 30.4. The summed E-state index contributed by atoms with van der Waals surface area (Å²) in [6, 6.07) is 27.6. The van der Waals surface area contributed by atoms with Gasteiger partial charge in [-0.2, -0.15) is 0 Å². The Morgan fingerprint density at radius 1 is 0.786 bits per heavy atom. The van der Waals surface area contributed by atoms with Crippen LogP contribution in [0.2, 0.25) is 5.02 Å². The molecule has 6 nitrogen and oxygen atoms in total. The van der Waals surface area contributed by atoms with Crippen LogP contribution in [0.15, 0.2) is 96.6 Å². The van der Waals surface area contributed by atoms with Crippen molar-refractivity contribution >= 4 is 58.2 Å². The number of benzene rings is 4. The average Bonchev–Trinajstić information content (AvgIpc) is 2.96. The molecule has 0 N–H and O–H groups in total. The van der Waals surface area contributed by atoms with E-state index < -0.39 is 11.8 Å². The van der Waals surface area contributed by atoms with Crippen LogP contribution in [0.1, 0.15) is 29.2 Å². The molecule has 0 spiro atoms. The predicted octanol–water partition coefficient (Wildman–Crippen LogP) is 7.68. The van der Waals surface area contributed by atoms with E-state index in [1.54, 1.807) is 36.4 Å². The maximum Gasteiger partial charge on any atom is 0.270 e. The maximum absolute atomic E-state index is 13.8. The predicted molar refractivity (Wildman–Crippen MR) is 171 cm³/mol. The summed E-state index contributed by atoms with van der Waals surface area (Å²) in [6.45, 7) is 6.60. The highest BCUT2D eigenvalue weighted by Gasteiger charge is 2.41. The summed E-state index contributed by atoms with van der Waals surface area (Å²) in [5, 5.41) is 0.367. The lowest BCUT2D eigenvalue weighted by Gasteiger charge is -2.36. The number of carbonyl (C=O) groups excluding carboxylic acids is 2. The first-order valence-electron chi connectivity index (χ1n) is 13.5. The van der Waals surface area contributed by atoms with E-state index in [0.717, 1.165) is 16.7 Å². The zero-order valence-electron chi connectivity index (χ0n) is 23.5. The molecule has 1 heterocycles. The third kappa shape index (κ3) is 6.08. The molecule has 0 aliphatic carbocycles. The fourth-order valence-corrected chi connectivity index (χ4v) is 5.54. The van der Waals surface area contributed by atoms with Crippen molar-refractivity contribution in [3.8, 4) is 11.5 Å². The first-order chi connectivity index (χ1) is 20.3. The molecule has 5 rings (SSSR count). The number of rotatable bonds is 8. The molecule has 8 heteroatoms. The van der Waals surface area contributed by atoms with Crippen molar-refractivity contribution in [1.29, 1.82) is 0 Å². The number of thiocarbonyl (C=S) groups is 1. The lowest BCUT2D eigenvalue weighted by molar-refractivity contribution is -0.120. The van der Waals surface area contributed by atoms with Crippen LogP contribution < -0.4 is 19.3 Å². The van der Waals surface area contributed by atoms with Gasteiger partial charge in [-0.15, -0.1) is 0 Å². The topological polar surface area (TPSA) is 59.1 Å². The highest BCUT2D eigenvalue weighted by Crippen LogP contribution is 2.39. The Hall–Kier alpha value is -4.46. The van der Waals surface area contributed by atoms with Gasteiger partial charge in [0.2, 0.25) is 0 Å². The smallest absolute Gasteiger partial charge is 0.270 e. The molecule has 4 aromatic rings. The van der Waals surface area contributed by atoms with Crippen LogP contribution in [-0.4, -0.2) is 23.5 Å². The van der Waals surface area contributed by atoms with E-state index in [9.17, 15) is 9.59 Å². The number of amides is 2. The van der Waals surface area contributed by atoms with Crippen molar-refractivity contribution < 1.29 is 19.1 Å². The Kier molecular flexibility index (Phi) is 8.71. The van der Waals surface area contributed by atoms with Crippen molar-refractivity contribution in [2.75, 3.05) is 16.4 Å². The second kappa shape index (κ2) is 12.6. The standard InChI is InChI=1S/C34H29ClN2O4S/c1-4-40-30-20-24(19-29(35)31(30)41-21-25-16-22(2)15-23(3)17-25)18-28-32(38)36(26-11-7-5-8-12-26)34(42)37(33(28)39)27-13-9-6-10-14-27/h5-20H,4,21H2,1-3H3. The summed E-state index contributed by atoms with van der Waals surface area (Å²) >= 11 is 12.4. The first kappa shape index (κ1) is 29.0. The van der Waals surface area contributed by atoms with Crippen LogP contribution in [0.4, 0.5) is 11.4 Å². The van der Waals surface area contributed by atoms with E-state index in [4.69, 9.17) is 33.3 Å². The lowest BCUT2D eigenvalue weighted by Crippen LogP contribution is -2.56. The third-order valence-electron chi connectivity index (χ3n) is 6.59. The highest BCUT2D eigenvalue weighted by atomic mass is 35.5. The number of halogens is 1. The largest absolute Gasteiger partial charge is 0.490 e. The highest BCUT2D eigenvalue weighted by molar-refractivity contribution is 7.81. The van der Waals surface area contributed by atoms with Crippen LogP contribution in [0.25, 0.3) is 6.08 Å². The van der Waals surface area contributed by atoms with Gasteiger partial charge in [0.05, 0.1) is 23.0 Å². The second-order valence-corrected chi connectivity index (χ2v) is 10.6. The van der Waals surface area contributed by atoms with Crippen molar-refractivity contribution in [1.82, 2.24) is 0 Å². The molecule has 0 radical (unpaired) electrons. The molecule has 0 atom stereocenters. The number of para-hydroxylation sites is 2. The summed E-state index contributed by atoms with van der Waals surface area (Å²) in [5.74, 6) is -0.272. The summed E-state index contributed by atoms with van der Waals surface area (Å²) in [5.41, 5.74) is 4.83. The lowest BCUT2D eigenvalue weighted by atomic mass is 10.0. The molecular formula is C34H29ClN2O4S. The van der Waals surface area contributed by atoms with Gasteiger partial charge in [-0.3, -0.25) is 19.4 Å². The minimum atomic E-state index is -0.535. The van der Waals surface area contributed by atoms with Crippen molar-refractivity contribution in [2.24, 2.45) is 0 Å². The number of aryl methyl sites for hydroxylation is 2. The number of hydrogen-bond acceptors (Lipinski definition) is 5. The van der Waals surface area contributed by atoms with E-state index >= 15 is 0 Å². The first-order valence-corrected chi connectivity index (χ1v) is 14.3. The van der Waals surface area contributed by atoms with Gasteiger partial charge in [0.1, 0.15) is 12.2 Å². The Morgan fingerprint density at radius 3 is 1.86 bits per heavy atom. The van der Waals surface area contributed by atoms with E-state index in [0.29, 0.717) is 46.7 Å². The van der Waals surface area contributed by atoms with Crippen LogP contribution in [-0.2, 0) is 16.2 Å². The third-order valence-corrected chi connectivity index (χ3v) is 7.23. The van der Waals surface area contributed by atoms with Crippen molar-refractivity contribution in [3.63, 3.8) is 0 Å². The van der Waals surface area contributed by atoms with Crippen LogP contribution in [0, 0.1) is 13.8 Å². The number of nitrogens with zero attached hydrogens (tertiary/aromatic N) is 2. The van der Waals surface area contributed by atoms with Gasteiger partial charge in [-0.1, -0.05) is 77.3 Å². The fourth-order valence-electron chi connectivity index (χ4n) is 4.89. The van der Waals surface area contributed by atoms with Gasteiger partial charge >= 0.3 is 0 Å². The zero-order chi connectivity index (χ0) is 29.8. The van der Waals surface area contributed by atoms with Gasteiger partial charge in [0, 0.05) is 0 Å². The van der Waals surface area contributed by atoms with Gasteiger partial charge in [-0.25, -0.2) is 0 Å². The van der Waals surface area contributed by atoms with E-state index in [2.05, 4.69) is 18.2 Å². The summed E-state index contributed by atoms with van der Waals surface area (Å²) in [6.07, 6.45) is 1.51. The molecule has 0 aromatic heterocycles. The molecule has 42 heavy (non-hydrogen) atoms. The van der Waals surface area contributed by atoms with Crippen molar-refractivity contribution in [3.05, 3.63) is 124 Å². The van der Waals surface area contributed by atoms with Gasteiger partial charge in [0.25, 0.3) is 11.8 Å². The van der Waals surface area contributed by atoms with E-state index in [-0.39, 0.29) is 10.7 Å². The zero-order valence-corrected chi connectivity index (χ0v) is 25.0. The van der Waals surface area contributed by atoms with Gasteiger partial charge < -0.3 is 9.47 Å². The Balaban J connectivity index is 1.55. The van der Waals surface area contributed by atoms with Gasteiger partial charge in [0.15, 0.2) is 16.6 Å². The average molecular weight is 597 g/mol. The van der Waals surface area contributed by atoms with Crippen molar-refractivity contribution in [2.45, 2.75) is 27.4 Å². The minimum absolute atomic E-state index is 0.0706. The molecule has 212 valence electrons. The Morgan fingerprint density at radius 2 is 1.33 bits per heavy atom. The Labute approximate surface area is 255 Å². The normalized spacial score (nSPS) is 13.4. The number of hydrogen-bond donors (Lipinski definition) is 0. The van der Waals surface area contributed by atoms with Crippen LogP contribution in [0.3, 0.4) is 0 Å².